The Hall–Kier alpha value is -2.84. The quantitative estimate of drug-likeness (QED) is 0.382. The lowest BCUT2D eigenvalue weighted by atomic mass is 10.1. The van der Waals surface area contributed by atoms with Gasteiger partial charge in [0, 0.05) is 19.9 Å². The summed E-state index contributed by atoms with van der Waals surface area (Å²) in [6.45, 7) is 0. The van der Waals surface area contributed by atoms with Crippen LogP contribution in [0.4, 0.5) is 0 Å². The number of hydrazine groups is 2. The minimum atomic E-state index is -0.490. The standard InChI is InChI=1S/C20H22N4O2S2/c1-24(20(28)13-16-10-6-3-7-11-16)23-18(26)14-17(25)21-22-19(27)12-15-8-4-2-5-9-15/h2-11H,12-14H2,1H3,(H,21,25)(H,22,27)(H,23,26). The SMILES string of the molecule is CN(NC(=O)CC(=O)NNC(=S)Cc1ccccc1)C(=S)Cc1ccccc1. The highest BCUT2D eigenvalue weighted by molar-refractivity contribution is 7.80. The van der Waals surface area contributed by atoms with Crippen LogP contribution in [0.15, 0.2) is 60.7 Å². The number of amides is 2. The van der Waals surface area contributed by atoms with Crippen molar-refractivity contribution in [2.24, 2.45) is 0 Å². The fourth-order valence-corrected chi connectivity index (χ4v) is 2.76. The third kappa shape index (κ3) is 7.81. The highest BCUT2D eigenvalue weighted by atomic mass is 32.1. The summed E-state index contributed by atoms with van der Waals surface area (Å²) in [4.78, 5) is 24.9. The van der Waals surface area contributed by atoms with Gasteiger partial charge in [-0.25, -0.2) is 0 Å². The Bertz CT molecular complexity index is 829. The van der Waals surface area contributed by atoms with Gasteiger partial charge in [0.05, 0.1) is 4.99 Å². The summed E-state index contributed by atoms with van der Waals surface area (Å²) in [6.07, 6.45) is 0.673. The lowest BCUT2D eigenvalue weighted by Crippen LogP contribution is -2.47. The fraction of sp³-hybridized carbons (Fsp3) is 0.200. The van der Waals surface area contributed by atoms with E-state index in [9.17, 15) is 9.59 Å². The molecule has 8 heteroatoms. The van der Waals surface area contributed by atoms with E-state index in [1.54, 1.807) is 7.05 Å². The van der Waals surface area contributed by atoms with E-state index >= 15 is 0 Å². The minimum absolute atomic E-state index is 0.348. The molecule has 0 unspecified atom stereocenters. The predicted octanol–water partition coefficient (Wildman–Crippen LogP) is 2.10. The average molecular weight is 415 g/mol. The van der Waals surface area contributed by atoms with Gasteiger partial charge in [-0.1, -0.05) is 85.1 Å². The number of benzene rings is 2. The van der Waals surface area contributed by atoms with Crippen LogP contribution >= 0.6 is 24.4 Å². The van der Waals surface area contributed by atoms with Crippen LogP contribution in [-0.4, -0.2) is 33.8 Å². The number of nitrogens with zero attached hydrogens (tertiary/aromatic N) is 1. The number of thiocarbonyl (C=S) groups is 2. The van der Waals surface area contributed by atoms with Gasteiger partial charge in [0.15, 0.2) is 0 Å². The first kappa shape index (κ1) is 21.5. The molecule has 0 fully saturated rings. The largest absolute Gasteiger partial charge is 0.292 e. The van der Waals surface area contributed by atoms with Crippen LogP contribution in [0.25, 0.3) is 0 Å². The van der Waals surface area contributed by atoms with Crippen molar-refractivity contribution in [3.8, 4) is 0 Å². The van der Waals surface area contributed by atoms with Crippen LogP contribution in [0.3, 0.4) is 0 Å². The molecular formula is C20H22N4O2S2. The smallest absolute Gasteiger partial charge is 0.248 e. The molecule has 146 valence electrons. The average Bonchev–Trinajstić information content (AvgIpc) is 2.68. The van der Waals surface area contributed by atoms with E-state index in [4.69, 9.17) is 24.4 Å². The third-order valence-electron chi connectivity index (χ3n) is 3.73. The van der Waals surface area contributed by atoms with Crippen molar-refractivity contribution < 1.29 is 9.59 Å². The zero-order valence-corrected chi connectivity index (χ0v) is 17.1. The first-order valence-corrected chi connectivity index (χ1v) is 9.47. The molecular weight excluding hydrogens is 392 g/mol. The number of carbonyl (C=O) groups excluding carboxylic acids is 2. The second kappa shape index (κ2) is 11.1. The Kier molecular flexibility index (Phi) is 8.51. The zero-order chi connectivity index (χ0) is 20.4. The summed E-state index contributed by atoms with van der Waals surface area (Å²) < 4.78 is 0. The molecule has 0 saturated heterocycles. The molecule has 0 aliphatic carbocycles. The first-order chi connectivity index (χ1) is 13.4. The van der Waals surface area contributed by atoms with Gasteiger partial charge >= 0.3 is 0 Å². The second-order valence-electron chi connectivity index (χ2n) is 6.09. The summed E-state index contributed by atoms with van der Waals surface area (Å²) in [5.41, 5.74) is 9.75. The predicted molar refractivity (Wildman–Crippen MR) is 117 cm³/mol. The summed E-state index contributed by atoms with van der Waals surface area (Å²) in [6, 6.07) is 19.3. The van der Waals surface area contributed by atoms with E-state index in [2.05, 4.69) is 16.3 Å². The topological polar surface area (TPSA) is 73.5 Å². The molecule has 0 spiro atoms. The van der Waals surface area contributed by atoms with Crippen LogP contribution in [0, 0.1) is 0 Å². The Labute approximate surface area is 175 Å². The van der Waals surface area contributed by atoms with E-state index in [-0.39, 0.29) is 6.42 Å². The number of rotatable bonds is 6. The van der Waals surface area contributed by atoms with Gasteiger partial charge in [-0.05, 0) is 11.1 Å². The zero-order valence-electron chi connectivity index (χ0n) is 15.5. The van der Waals surface area contributed by atoms with Crippen molar-refractivity contribution in [2.45, 2.75) is 19.3 Å². The lowest BCUT2D eigenvalue weighted by molar-refractivity contribution is -0.131. The maximum Gasteiger partial charge on any atom is 0.248 e. The van der Waals surface area contributed by atoms with E-state index < -0.39 is 11.8 Å². The third-order valence-corrected chi connectivity index (χ3v) is 4.40. The number of likely N-dealkylation sites (N-methyl/N-ethyl adjacent to an activating group) is 1. The van der Waals surface area contributed by atoms with Gasteiger partial charge in [0.2, 0.25) is 11.8 Å². The molecule has 0 saturated carbocycles. The minimum Gasteiger partial charge on any atom is -0.292 e. The van der Waals surface area contributed by atoms with Crippen LogP contribution in [0.5, 0.6) is 0 Å². The van der Waals surface area contributed by atoms with Gasteiger partial charge in [-0.3, -0.25) is 30.9 Å². The summed E-state index contributed by atoms with van der Waals surface area (Å²) >= 11 is 10.5. The van der Waals surface area contributed by atoms with Crippen molar-refractivity contribution in [3.05, 3.63) is 71.8 Å². The summed E-state index contributed by atoms with van der Waals surface area (Å²) in [5, 5.41) is 1.45. The maximum atomic E-state index is 12.0. The molecule has 0 radical (unpaired) electrons. The Morgan fingerprint density at radius 1 is 0.821 bits per heavy atom. The molecule has 2 aromatic carbocycles. The van der Waals surface area contributed by atoms with Crippen molar-refractivity contribution in [1.82, 2.24) is 21.3 Å². The van der Waals surface area contributed by atoms with Crippen molar-refractivity contribution in [1.29, 1.82) is 0 Å². The Morgan fingerprint density at radius 2 is 1.36 bits per heavy atom. The monoisotopic (exact) mass is 414 g/mol. The number of carbonyl (C=O) groups is 2. The molecule has 0 aliphatic rings. The Balaban J connectivity index is 1.69. The van der Waals surface area contributed by atoms with Gasteiger partial charge in [0.25, 0.3) is 0 Å². The number of hydrogen-bond donors (Lipinski definition) is 3. The molecule has 2 amide bonds. The van der Waals surface area contributed by atoms with Crippen molar-refractivity contribution >= 4 is 46.2 Å². The van der Waals surface area contributed by atoms with E-state index in [1.165, 1.54) is 5.01 Å². The van der Waals surface area contributed by atoms with Crippen molar-refractivity contribution in [2.75, 3.05) is 7.05 Å². The normalized spacial score (nSPS) is 9.89. The second-order valence-corrected chi connectivity index (χ2v) is 7.05. The molecule has 2 aromatic rings. The molecule has 28 heavy (non-hydrogen) atoms. The molecule has 0 bridgehead atoms. The van der Waals surface area contributed by atoms with Crippen LogP contribution in [-0.2, 0) is 22.4 Å². The summed E-state index contributed by atoms with van der Waals surface area (Å²) in [7, 11) is 1.65. The molecule has 0 aliphatic heterocycles. The first-order valence-electron chi connectivity index (χ1n) is 8.65. The molecule has 6 nitrogen and oxygen atoms in total. The lowest BCUT2D eigenvalue weighted by Gasteiger charge is -2.21. The Morgan fingerprint density at radius 3 is 1.93 bits per heavy atom. The number of nitrogens with one attached hydrogen (secondary N) is 3. The van der Waals surface area contributed by atoms with Crippen LogP contribution in [0.1, 0.15) is 17.5 Å². The molecule has 0 aromatic heterocycles. The molecule has 2 rings (SSSR count). The summed E-state index contributed by atoms with van der Waals surface area (Å²) in [5.74, 6) is -0.957. The van der Waals surface area contributed by atoms with Gasteiger partial charge in [0.1, 0.15) is 11.4 Å². The van der Waals surface area contributed by atoms with E-state index in [0.29, 0.717) is 22.8 Å². The van der Waals surface area contributed by atoms with Gasteiger partial charge in [-0.2, -0.15) is 0 Å². The van der Waals surface area contributed by atoms with Gasteiger partial charge in [-0.15, -0.1) is 0 Å². The van der Waals surface area contributed by atoms with Crippen LogP contribution in [0.2, 0.25) is 0 Å². The van der Waals surface area contributed by atoms with E-state index in [0.717, 1.165) is 11.1 Å². The van der Waals surface area contributed by atoms with Crippen molar-refractivity contribution in [3.63, 3.8) is 0 Å². The highest BCUT2D eigenvalue weighted by Gasteiger charge is 2.13. The van der Waals surface area contributed by atoms with E-state index in [1.807, 2.05) is 60.7 Å². The maximum absolute atomic E-state index is 12.0. The molecule has 0 heterocycles. The fourth-order valence-electron chi connectivity index (χ4n) is 2.33. The van der Waals surface area contributed by atoms with Gasteiger partial charge < -0.3 is 0 Å². The van der Waals surface area contributed by atoms with Crippen LogP contribution < -0.4 is 16.3 Å². The highest BCUT2D eigenvalue weighted by Crippen LogP contribution is 2.03. The molecule has 0 atom stereocenters. The molecule has 3 N–H and O–H groups in total. The number of hydrogen-bond acceptors (Lipinski definition) is 4.